The summed E-state index contributed by atoms with van der Waals surface area (Å²) in [7, 11) is 0. The molecule has 1 atom stereocenters. The molecule has 0 bridgehead atoms. The predicted octanol–water partition coefficient (Wildman–Crippen LogP) is 5.51. The van der Waals surface area contributed by atoms with Gasteiger partial charge in [0, 0.05) is 37.4 Å². The second kappa shape index (κ2) is 10.3. The fraction of sp³-hybridized carbons (Fsp3) is 0.704. The number of amides is 1. The number of hydrogen-bond acceptors (Lipinski definition) is 5. The Balaban J connectivity index is 1.54. The molecule has 4 rings (SSSR count). The molecule has 0 aromatic heterocycles. The SMILES string of the molecule is CC(C)(C)OC(=O)N1CCC2(CCCN2Cc2cc(N3CCCC[C@H]3C(=O)O)cc(C(F)(F)F)c2)CC1. The molecule has 3 heterocycles. The number of anilines is 1. The Morgan fingerprint density at radius 2 is 1.70 bits per heavy atom. The molecule has 7 nitrogen and oxygen atoms in total. The first-order chi connectivity index (χ1) is 17.3. The molecule has 1 spiro atoms. The van der Waals surface area contributed by atoms with Crippen molar-refractivity contribution < 1.29 is 32.6 Å². The third-order valence-corrected chi connectivity index (χ3v) is 7.88. The largest absolute Gasteiger partial charge is 0.480 e. The van der Waals surface area contributed by atoms with E-state index in [4.69, 9.17) is 4.74 Å². The second-order valence-electron chi connectivity index (χ2n) is 11.6. The Morgan fingerprint density at radius 3 is 2.32 bits per heavy atom. The van der Waals surface area contributed by atoms with E-state index in [1.54, 1.807) is 15.9 Å². The van der Waals surface area contributed by atoms with Crippen LogP contribution in [0.2, 0.25) is 0 Å². The monoisotopic (exact) mass is 525 g/mol. The van der Waals surface area contributed by atoms with Crippen LogP contribution in [0.5, 0.6) is 0 Å². The summed E-state index contributed by atoms with van der Waals surface area (Å²) in [4.78, 5) is 30.0. The van der Waals surface area contributed by atoms with Crippen molar-refractivity contribution in [1.29, 1.82) is 0 Å². The van der Waals surface area contributed by atoms with Crippen LogP contribution < -0.4 is 4.90 Å². The van der Waals surface area contributed by atoms with E-state index in [0.717, 1.165) is 51.1 Å². The van der Waals surface area contributed by atoms with Crippen LogP contribution in [0.25, 0.3) is 0 Å². The van der Waals surface area contributed by atoms with E-state index in [0.29, 0.717) is 43.9 Å². The van der Waals surface area contributed by atoms with Gasteiger partial charge >= 0.3 is 18.2 Å². The number of likely N-dealkylation sites (tertiary alicyclic amines) is 2. The lowest BCUT2D eigenvalue weighted by Gasteiger charge is -2.45. The van der Waals surface area contributed by atoms with Gasteiger partial charge in [0.15, 0.2) is 0 Å². The molecule has 3 aliphatic heterocycles. The van der Waals surface area contributed by atoms with Gasteiger partial charge in [-0.05, 0) is 96.0 Å². The average Bonchev–Trinajstić information content (AvgIpc) is 3.18. The number of piperidine rings is 2. The number of benzene rings is 1. The highest BCUT2D eigenvalue weighted by Gasteiger charge is 2.44. The zero-order valence-electron chi connectivity index (χ0n) is 21.9. The van der Waals surface area contributed by atoms with Crippen molar-refractivity contribution in [2.75, 3.05) is 31.1 Å². The third-order valence-electron chi connectivity index (χ3n) is 7.88. The zero-order valence-corrected chi connectivity index (χ0v) is 21.9. The molecule has 3 aliphatic rings. The summed E-state index contributed by atoms with van der Waals surface area (Å²) in [6.45, 7) is 8.16. The summed E-state index contributed by atoms with van der Waals surface area (Å²) >= 11 is 0. The topological polar surface area (TPSA) is 73.3 Å². The highest BCUT2D eigenvalue weighted by atomic mass is 19.4. The summed E-state index contributed by atoms with van der Waals surface area (Å²) in [5.74, 6) is -1.01. The van der Waals surface area contributed by atoms with Crippen LogP contribution in [0.3, 0.4) is 0 Å². The number of carbonyl (C=O) groups is 2. The Kier molecular flexibility index (Phi) is 7.70. The highest BCUT2D eigenvalue weighted by molar-refractivity contribution is 5.78. The number of nitrogens with zero attached hydrogens (tertiary/aromatic N) is 3. The van der Waals surface area contributed by atoms with E-state index < -0.39 is 29.4 Å². The molecule has 10 heteroatoms. The molecular formula is C27H38F3N3O4. The molecule has 0 unspecified atom stereocenters. The lowest BCUT2D eigenvalue weighted by atomic mass is 9.84. The fourth-order valence-electron chi connectivity index (χ4n) is 6.05. The molecular weight excluding hydrogens is 487 g/mol. The van der Waals surface area contributed by atoms with E-state index in [-0.39, 0.29) is 11.6 Å². The molecule has 0 radical (unpaired) electrons. The molecule has 0 saturated carbocycles. The number of halogens is 3. The maximum atomic E-state index is 13.9. The predicted molar refractivity (Wildman–Crippen MR) is 133 cm³/mol. The Morgan fingerprint density at radius 1 is 1.00 bits per heavy atom. The van der Waals surface area contributed by atoms with Crippen LogP contribution in [-0.4, -0.2) is 70.3 Å². The molecule has 1 aromatic carbocycles. The normalized spacial score (nSPS) is 22.9. The summed E-state index contributed by atoms with van der Waals surface area (Å²) in [5, 5.41) is 9.68. The Labute approximate surface area is 216 Å². The first kappa shape index (κ1) is 27.5. The van der Waals surface area contributed by atoms with Gasteiger partial charge in [0.25, 0.3) is 0 Å². The van der Waals surface area contributed by atoms with E-state index in [1.165, 1.54) is 6.07 Å². The first-order valence-corrected chi connectivity index (χ1v) is 13.2. The van der Waals surface area contributed by atoms with Gasteiger partial charge in [-0.25, -0.2) is 9.59 Å². The number of hydrogen-bond donors (Lipinski definition) is 1. The minimum absolute atomic E-state index is 0.165. The molecule has 3 saturated heterocycles. The molecule has 1 aromatic rings. The van der Waals surface area contributed by atoms with Crippen LogP contribution in [-0.2, 0) is 22.3 Å². The maximum absolute atomic E-state index is 13.9. The van der Waals surface area contributed by atoms with Crippen molar-refractivity contribution in [3.8, 4) is 0 Å². The number of carboxylic acids is 1. The van der Waals surface area contributed by atoms with Crippen molar-refractivity contribution in [3.05, 3.63) is 29.3 Å². The average molecular weight is 526 g/mol. The molecule has 1 N–H and O–H groups in total. The van der Waals surface area contributed by atoms with E-state index >= 15 is 0 Å². The quantitative estimate of drug-likeness (QED) is 0.559. The molecule has 0 aliphatic carbocycles. The van der Waals surface area contributed by atoms with Crippen LogP contribution in [0.4, 0.5) is 23.7 Å². The van der Waals surface area contributed by atoms with Crippen LogP contribution in [0.1, 0.15) is 76.8 Å². The molecule has 206 valence electrons. The standard InChI is InChI=1S/C27H38F3N3O4/c1-25(2,3)37-24(36)31-13-9-26(10-14-31)8-6-11-32(26)18-19-15-20(27(28,29)30)17-21(16-19)33-12-5-4-7-22(33)23(34)35/h15-17,22H,4-14,18H2,1-3H3,(H,34,35)/t22-/m0/s1. The summed E-state index contributed by atoms with van der Waals surface area (Å²) < 4.78 is 47.1. The zero-order chi connectivity index (χ0) is 27.0. The van der Waals surface area contributed by atoms with Gasteiger partial charge in [0.1, 0.15) is 11.6 Å². The summed E-state index contributed by atoms with van der Waals surface area (Å²) in [6, 6.07) is 3.20. The summed E-state index contributed by atoms with van der Waals surface area (Å²) in [5.41, 5.74) is -0.620. The molecule has 3 fully saturated rings. The van der Waals surface area contributed by atoms with Gasteiger partial charge in [-0.1, -0.05) is 0 Å². The second-order valence-corrected chi connectivity index (χ2v) is 11.6. The fourth-order valence-corrected chi connectivity index (χ4v) is 6.05. The molecule has 1 amide bonds. The third kappa shape index (κ3) is 6.33. The van der Waals surface area contributed by atoms with E-state index in [1.807, 2.05) is 20.8 Å². The maximum Gasteiger partial charge on any atom is 0.416 e. The highest BCUT2D eigenvalue weighted by Crippen LogP contribution is 2.41. The lowest BCUT2D eigenvalue weighted by Crippen LogP contribution is -2.53. The first-order valence-electron chi connectivity index (χ1n) is 13.2. The minimum atomic E-state index is -4.53. The number of carbonyl (C=O) groups excluding carboxylic acids is 1. The van der Waals surface area contributed by atoms with Gasteiger partial charge in [0.05, 0.1) is 5.56 Å². The van der Waals surface area contributed by atoms with Crippen LogP contribution in [0.15, 0.2) is 18.2 Å². The Bertz CT molecular complexity index is 1000. The number of rotatable bonds is 4. The smallest absolute Gasteiger partial charge is 0.416 e. The minimum Gasteiger partial charge on any atom is -0.480 e. The van der Waals surface area contributed by atoms with Gasteiger partial charge in [-0.3, -0.25) is 4.90 Å². The van der Waals surface area contributed by atoms with Crippen molar-refractivity contribution in [3.63, 3.8) is 0 Å². The van der Waals surface area contributed by atoms with Gasteiger partial charge < -0.3 is 19.6 Å². The Hall–Kier alpha value is -2.49. The van der Waals surface area contributed by atoms with Gasteiger partial charge in [-0.15, -0.1) is 0 Å². The van der Waals surface area contributed by atoms with Gasteiger partial charge in [0.2, 0.25) is 0 Å². The number of carboxylic acid groups (broad SMARTS) is 1. The van der Waals surface area contributed by atoms with Crippen molar-refractivity contribution in [2.24, 2.45) is 0 Å². The van der Waals surface area contributed by atoms with Crippen LogP contribution in [0, 0.1) is 0 Å². The summed E-state index contributed by atoms with van der Waals surface area (Å²) in [6.07, 6.45) is 0.430. The van der Waals surface area contributed by atoms with Crippen LogP contribution >= 0.6 is 0 Å². The number of aliphatic carboxylic acids is 1. The number of ether oxygens (including phenoxy) is 1. The van der Waals surface area contributed by atoms with Crippen molar-refractivity contribution >= 4 is 17.7 Å². The van der Waals surface area contributed by atoms with Crippen molar-refractivity contribution in [1.82, 2.24) is 9.80 Å². The van der Waals surface area contributed by atoms with Gasteiger partial charge in [-0.2, -0.15) is 13.2 Å². The van der Waals surface area contributed by atoms with E-state index in [9.17, 15) is 27.9 Å². The number of alkyl halides is 3. The van der Waals surface area contributed by atoms with E-state index in [2.05, 4.69) is 4.90 Å². The molecule has 37 heavy (non-hydrogen) atoms. The lowest BCUT2D eigenvalue weighted by molar-refractivity contribution is -0.139. The van der Waals surface area contributed by atoms with Crippen molar-refractivity contribution in [2.45, 2.75) is 95.6 Å².